The average molecular weight is 432 g/mol. The van der Waals surface area contributed by atoms with E-state index in [0.29, 0.717) is 31.3 Å². The molecular weight excluding hydrogens is 406 g/mol. The minimum absolute atomic E-state index is 0.0814. The van der Waals surface area contributed by atoms with Gasteiger partial charge in [-0.25, -0.2) is 0 Å². The third-order valence-electron chi connectivity index (χ3n) is 6.21. The van der Waals surface area contributed by atoms with Crippen molar-refractivity contribution in [2.75, 3.05) is 26.9 Å². The molecule has 2 aliphatic heterocycles. The lowest BCUT2D eigenvalue weighted by Gasteiger charge is -2.38. The fraction of sp³-hybridized carbons (Fsp3) is 0.455. The highest BCUT2D eigenvalue weighted by molar-refractivity contribution is 6.30. The molecule has 2 bridgehead atoms. The van der Waals surface area contributed by atoms with Crippen molar-refractivity contribution < 1.29 is 14.6 Å². The number of benzene rings is 1. The number of aromatic nitrogens is 1. The number of carbonyl (C=O) groups is 1. The van der Waals surface area contributed by atoms with E-state index >= 15 is 0 Å². The minimum atomic E-state index is -0.466. The first kappa shape index (κ1) is 21.1. The van der Waals surface area contributed by atoms with E-state index in [2.05, 4.69) is 10.2 Å². The zero-order valence-electron chi connectivity index (χ0n) is 16.8. The fourth-order valence-corrected chi connectivity index (χ4v) is 5.14. The fourth-order valence-electron chi connectivity index (χ4n) is 4.93. The second-order valence-electron chi connectivity index (χ2n) is 7.87. The summed E-state index contributed by atoms with van der Waals surface area (Å²) in [6.07, 6.45) is 0. The van der Waals surface area contributed by atoms with E-state index in [4.69, 9.17) is 16.3 Å². The van der Waals surface area contributed by atoms with Crippen molar-refractivity contribution in [1.29, 1.82) is 0 Å². The third kappa shape index (κ3) is 3.78. The molecule has 4 atom stereocenters. The molecular formula is C22H26ClN3O4. The molecule has 0 saturated carbocycles. The maximum absolute atomic E-state index is 13.2. The number of aliphatic hydroxyl groups excluding tert-OH is 1. The number of nitrogens with zero attached hydrogens (tertiary/aromatic N) is 2. The molecule has 2 aromatic rings. The number of hydrogen-bond acceptors (Lipinski definition) is 5. The molecule has 2 aliphatic rings. The Bertz CT molecular complexity index is 979. The summed E-state index contributed by atoms with van der Waals surface area (Å²) in [6.45, 7) is 1.71. The highest BCUT2D eigenvalue weighted by Gasteiger charge is 2.55. The van der Waals surface area contributed by atoms with Crippen LogP contribution < -0.4 is 10.9 Å². The molecule has 0 spiro atoms. The number of rotatable bonds is 7. The Kier molecular flexibility index (Phi) is 6.24. The van der Waals surface area contributed by atoms with Crippen LogP contribution in [0.1, 0.15) is 17.3 Å². The summed E-state index contributed by atoms with van der Waals surface area (Å²) >= 11 is 6.18. The smallest absolute Gasteiger partial charge is 0.250 e. The first-order valence-corrected chi connectivity index (χ1v) is 10.5. The Hall–Kier alpha value is -2.19. The monoisotopic (exact) mass is 431 g/mol. The van der Waals surface area contributed by atoms with Gasteiger partial charge >= 0.3 is 0 Å². The number of carbonyl (C=O) groups excluding carboxylic acids is 1. The largest absolute Gasteiger partial charge is 0.396 e. The molecule has 1 aromatic carbocycles. The zero-order valence-corrected chi connectivity index (χ0v) is 17.6. The maximum Gasteiger partial charge on any atom is 0.250 e. The second kappa shape index (κ2) is 8.89. The predicted octanol–water partition coefficient (Wildman–Crippen LogP) is 1.43. The zero-order chi connectivity index (χ0) is 21.3. The summed E-state index contributed by atoms with van der Waals surface area (Å²) in [4.78, 5) is 27.9. The van der Waals surface area contributed by atoms with Crippen LogP contribution in [0, 0.1) is 11.8 Å². The summed E-state index contributed by atoms with van der Waals surface area (Å²) in [5, 5.41) is 13.8. The van der Waals surface area contributed by atoms with Crippen molar-refractivity contribution in [3.8, 4) is 0 Å². The third-order valence-corrected chi connectivity index (χ3v) is 6.44. The maximum atomic E-state index is 13.2. The number of nitrogens with one attached hydrogen (secondary N) is 1. The van der Waals surface area contributed by atoms with Gasteiger partial charge in [0.1, 0.15) is 0 Å². The van der Waals surface area contributed by atoms with Crippen molar-refractivity contribution in [2.45, 2.75) is 25.2 Å². The van der Waals surface area contributed by atoms with E-state index in [0.717, 1.165) is 11.3 Å². The molecule has 160 valence electrons. The molecule has 0 radical (unpaired) electrons. The molecule has 1 amide bonds. The summed E-state index contributed by atoms with van der Waals surface area (Å²) < 4.78 is 6.79. The van der Waals surface area contributed by atoms with Crippen molar-refractivity contribution >= 4 is 17.5 Å². The van der Waals surface area contributed by atoms with Gasteiger partial charge in [-0.3, -0.25) is 14.5 Å². The van der Waals surface area contributed by atoms with Crippen LogP contribution in [-0.4, -0.2) is 53.4 Å². The first-order valence-electron chi connectivity index (χ1n) is 10.1. The lowest BCUT2D eigenvalue weighted by molar-refractivity contribution is -0.127. The highest BCUT2D eigenvalue weighted by atomic mass is 35.5. The van der Waals surface area contributed by atoms with Gasteiger partial charge in [0.15, 0.2) is 0 Å². The van der Waals surface area contributed by atoms with Gasteiger partial charge in [-0.05, 0) is 23.8 Å². The van der Waals surface area contributed by atoms with E-state index in [1.165, 1.54) is 6.07 Å². The Morgan fingerprint density at radius 1 is 1.30 bits per heavy atom. The van der Waals surface area contributed by atoms with Gasteiger partial charge in [-0.1, -0.05) is 29.8 Å². The molecule has 4 rings (SSSR count). The molecule has 1 aromatic heterocycles. The number of methoxy groups -OCH3 is 1. The number of halogens is 1. The molecule has 0 aliphatic carbocycles. The van der Waals surface area contributed by atoms with Crippen LogP contribution in [0.5, 0.6) is 0 Å². The molecule has 3 heterocycles. The summed E-state index contributed by atoms with van der Waals surface area (Å²) in [7, 11) is 1.58. The Balaban J connectivity index is 1.74. The number of ether oxygens (including phenoxy) is 1. The van der Waals surface area contributed by atoms with E-state index in [1.807, 2.05) is 30.3 Å². The molecule has 1 fully saturated rings. The van der Waals surface area contributed by atoms with Gasteiger partial charge in [0.05, 0.1) is 18.6 Å². The molecule has 1 saturated heterocycles. The Morgan fingerprint density at radius 2 is 2.10 bits per heavy atom. The van der Waals surface area contributed by atoms with Crippen LogP contribution in [-0.2, 0) is 22.6 Å². The van der Waals surface area contributed by atoms with Crippen molar-refractivity contribution in [3.05, 3.63) is 69.1 Å². The lowest BCUT2D eigenvalue weighted by Crippen LogP contribution is -2.45. The highest BCUT2D eigenvalue weighted by Crippen LogP contribution is 2.48. The van der Waals surface area contributed by atoms with Crippen molar-refractivity contribution in [1.82, 2.24) is 14.8 Å². The Labute approximate surface area is 180 Å². The van der Waals surface area contributed by atoms with Crippen molar-refractivity contribution in [3.63, 3.8) is 0 Å². The normalized spacial score (nSPS) is 25.2. The Morgan fingerprint density at radius 3 is 2.83 bits per heavy atom. The van der Waals surface area contributed by atoms with Crippen LogP contribution >= 0.6 is 11.6 Å². The molecule has 8 heteroatoms. The van der Waals surface area contributed by atoms with Gasteiger partial charge in [0, 0.05) is 62.1 Å². The molecule has 30 heavy (non-hydrogen) atoms. The minimum Gasteiger partial charge on any atom is -0.396 e. The van der Waals surface area contributed by atoms with Gasteiger partial charge in [0.2, 0.25) is 5.91 Å². The van der Waals surface area contributed by atoms with Gasteiger partial charge in [-0.15, -0.1) is 0 Å². The first-order chi connectivity index (χ1) is 14.5. The number of hydrogen-bond donors (Lipinski definition) is 2. The average Bonchev–Trinajstić information content (AvgIpc) is 2.93. The van der Waals surface area contributed by atoms with Gasteiger partial charge in [-0.2, -0.15) is 0 Å². The summed E-state index contributed by atoms with van der Waals surface area (Å²) in [5.74, 6) is -0.873. The van der Waals surface area contributed by atoms with E-state index in [-0.39, 0.29) is 36.1 Å². The quantitative estimate of drug-likeness (QED) is 0.648. The van der Waals surface area contributed by atoms with Crippen LogP contribution in [0.3, 0.4) is 0 Å². The number of pyridine rings is 1. The van der Waals surface area contributed by atoms with Crippen LogP contribution in [0.25, 0.3) is 0 Å². The van der Waals surface area contributed by atoms with E-state index in [9.17, 15) is 14.7 Å². The second-order valence-corrected chi connectivity index (χ2v) is 8.31. The number of fused-ring (bicyclic) bond motifs is 4. The number of amides is 1. The number of aliphatic hydroxyl groups is 1. The van der Waals surface area contributed by atoms with Gasteiger partial charge in [0.25, 0.3) is 5.56 Å². The van der Waals surface area contributed by atoms with Gasteiger partial charge < -0.3 is 19.7 Å². The van der Waals surface area contributed by atoms with Crippen LogP contribution in [0.15, 0.2) is 47.3 Å². The standard InChI is InChI=1S/C22H26ClN3O4/c1-30-9-8-24-22(29)20-16(13-27)18-12-25-17(6-3-7-19(25)28)21(20)26(18)11-14-4-2-5-15(23)10-14/h2-7,10,16,18,20-21,27H,8-9,11-13H2,1H3,(H,24,29)/t16-,18-,20+,21+/m0/s1. The van der Waals surface area contributed by atoms with Crippen LogP contribution in [0.2, 0.25) is 5.02 Å². The lowest BCUT2D eigenvalue weighted by atomic mass is 9.86. The van der Waals surface area contributed by atoms with E-state index < -0.39 is 5.92 Å². The topological polar surface area (TPSA) is 83.8 Å². The summed E-state index contributed by atoms with van der Waals surface area (Å²) in [5.41, 5.74) is 1.76. The summed E-state index contributed by atoms with van der Waals surface area (Å²) in [6, 6.07) is 12.4. The van der Waals surface area contributed by atoms with E-state index in [1.54, 1.807) is 17.7 Å². The SMILES string of the molecule is COCCNC(=O)[C@@H]1[C@@H](CO)[C@@H]2Cn3c(cccc3=O)[C@H]1N2Cc1cccc(Cl)c1. The molecule has 2 N–H and O–H groups in total. The molecule has 7 nitrogen and oxygen atoms in total. The predicted molar refractivity (Wildman–Crippen MR) is 113 cm³/mol. The molecule has 0 unspecified atom stereocenters. The van der Waals surface area contributed by atoms with Crippen molar-refractivity contribution in [2.24, 2.45) is 11.8 Å². The van der Waals surface area contributed by atoms with Crippen LogP contribution in [0.4, 0.5) is 0 Å².